The first-order valence-corrected chi connectivity index (χ1v) is 8.64. The average molecular weight is 337 g/mol. The predicted octanol–water partition coefficient (Wildman–Crippen LogP) is 2.14. The maximum absolute atomic E-state index is 4.78. The molecule has 4 heterocycles. The van der Waals surface area contributed by atoms with Gasteiger partial charge in [-0.1, -0.05) is 26.8 Å². The van der Waals surface area contributed by atoms with Crippen molar-refractivity contribution in [3.63, 3.8) is 0 Å². The second-order valence-electron chi connectivity index (χ2n) is 7.41. The topological polar surface area (TPSA) is 62.5 Å². The fourth-order valence-electron chi connectivity index (χ4n) is 3.14. The fourth-order valence-corrected chi connectivity index (χ4v) is 3.14. The van der Waals surface area contributed by atoms with Crippen LogP contribution in [0, 0.1) is 0 Å². The largest absolute Gasteiger partial charge is 0.354 e. The fraction of sp³-hybridized carbons (Fsp3) is 0.444. The van der Waals surface area contributed by atoms with Crippen LogP contribution in [0.5, 0.6) is 0 Å². The molecule has 0 N–H and O–H groups in total. The number of rotatable bonds is 2. The number of nitrogens with zero attached hydrogens (tertiary/aromatic N) is 7. The molecule has 1 fully saturated rings. The first-order valence-electron chi connectivity index (χ1n) is 8.64. The molecule has 0 bridgehead atoms. The lowest BCUT2D eigenvalue weighted by molar-refractivity contribution is 0.541. The average Bonchev–Trinajstić information content (AvgIpc) is 3.10. The summed E-state index contributed by atoms with van der Waals surface area (Å²) >= 11 is 0. The van der Waals surface area contributed by atoms with Gasteiger partial charge in [-0.3, -0.25) is 4.40 Å². The molecule has 1 aliphatic rings. The molecular formula is C18H23N7. The van der Waals surface area contributed by atoms with Crippen LogP contribution in [0.1, 0.15) is 26.6 Å². The van der Waals surface area contributed by atoms with Gasteiger partial charge in [0, 0.05) is 37.8 Å². The molecule has 0 atom stereocenters. The number of pyridine rings is 1. The molecule has 0 amide bonds. The molecule has 0 radical (unpaired) electrons. The van der Waals surface area contributed by atoms with Gasteiger partial charge in [0.05, 0.1) is 0 Å². The molecule has 0 unspecified atom stereocenters. The minimum absolute atomic E-state index is 0.0398. The second-order valence-corrected chi connectivity index (χ2v) is 7.41. The van der Waals surface area contributed by atoms with Gasteiger partial charge in [-0.15, -0.1) is 10.2 Å². The lowest BCUT2D eigenvalue weighted by Crippen LogP contribution is -2.47. The molecule has 0 saturated carbocycles. The van der Waals surface area contributed by atoms with Crippen molar-refractivity contribution < 1.29 is 0 Å². The quantitative estimate of drug-likeness (QED) is 0.714. The first kappa shape index (κ1) is 15.8. The molecule has 0 aromatic carbocycles. The highest BCUT2D eigenvalue weighted by atomic mass is 15.3. The van der Waals surface area contributed by atoms with Gasteiger partial charge in [0.2, 0.25) is 0 Å². The van der Waals surface area contributed by atoms with E-state index in [4.69, 9.17) is 4.98 Å². The van der Waals surface area contributed by atoms with Crippen LogP contribution in [0.25, 0.3) is 5.65 Å². The van der Waals surface area contributed by atoms with Crippen LogP contribution >= 0.6 is 0 Å². The Morgan fingerprint density at radius 3 is 2.48 bits per heavy atom. The number of anilines is 2. The molecule has 0 aliphatic carbocycles. The van der Waals surface area contributed by atoms with Crippen LogP contribution < -0.4 is 9.80 Å². The van der Waals surface area contributed by atoms with Crippen LogP contribution in [-0.2, 0) is 5.41 Å². The van der Waals surface area contributed by atoms with E-state index < -0.39 is 0 Å². The van der Waals surface area contributed by atoms with E-state index in [9.17, 15) is 0 Å². The van der Waals surface area contributed by atoms with Crippen molar-refractivity contribution in [1.29, 1.82) is 0 Å². The van der Waals surface area contributed by atoms with Gasteiger partial charge >= 0.3 is 0 Å². The van der Waals surface area contributed by atoms with Crippen LogP contribution in [0.15, 0.2) is 36.8 Å². The predicted molar refractivity (Wildman–Crippen MR) is 98.1 cm³/mol. The van der Waals surface area contributed by atoms with E-state index in [0.717, 1.165) is 49.3 Å². The van der Waals surface area contributed by atoms with Crippen LogP contribution in [0.2, 0.25) is 0 Å². The number of hydrogen-bond donors (Lipinski definition) is 0. The first-order chi connectivity index (χ1) is 12.0. The van der Waals surface area contributed by atoms with E-state index in [1.54, 1.807) is 6.33 Å². The van der Waals surface area contributed by atoms with E-state index in [1.807, 2.05) is 28.8 Å². The summed E-state index contributed by atoms with van der Waals surface area (Å²) in [5.41, 5.74) is 0.840. The highest BCUT2D eigenvalue weighted by Crippen LogP contribution is 2.23. The van der Waals surface area contributed by atoms with E-state index >= 15 is 0 Å². The number of piperazine rings is 1. The minimum atomic E-state index is -0.0398. The minimum Gasteiger partial charge on any atom is -0.354 e. The Labute approximate surface area is 147 Å². The van der Waals surface area contributed by atoms with Crippen molar-refractivity contribution in [2.75, 3.05) is 36.0 Å². The van der Waals surface area contributed by atoms with Gasteiger partial charge in [-0.05, 0) is 18.2 Å². The molecule has 4 rings (SSSR count). The Morgan fingerprint density at radius 1 is 0.960 bits per heavy atom. The molecule has 7 heteroatoms. The van der Waals surface area contributed by atoms with Crippen molar-refractivity contribution in [2.45, 2.75) is 26.2 Å². The maximum Gasteiger partial charge on any atom is 0.162 e. The summed E-state index contributed by atoms with van der Waals surface area (Å²) in [7, 11) is 0. The van der Waals surface area contributed by atoms with Crippen molar-refractivity contribution in [2.24, 2.45) is 0 Å². The van der Waals surface area contributed by atoms with Crippen molar-refractivity contribution in [1.82, 2.24) is 24.6 Å². The number of hydrogen-bond acceptors (Lipinski definition) is 6. The summed E-state index contributed by atoms with van der Waals surface area (Å²) in [5, 5.41) is 8.14. The van der Waals surface area contributed by atoms with E-state index in [0.29, 0.717) is 0 Å². The Bertz CT molecular complexity index is 872. The monoisotopic (exact) mass is 337 g/mol. The third-order valence-electron chi connectivity index (χ3n) is 4.55. The second kappa shape index (κ2) is 5.98. The van der Waals surface area contributed by atoms with Crippen molar-refractivity contribution >= 4 is 17.3 Å². The molecule has 3 aromatic rings. The standard InChI is InChI=1S/C18H23N7/c1-18(2,3)17-19-8-7-14(21-17)23-9-11-24(12-10-23)16-6-4-5-15-22-20-13-25(15)16/h4-8,13H,9-12H2,1-3H3. The zero-order valence-electron chi connectivity index (χ0n) is 14.9. The SMILES string of the molecule is CC(C)(C)c1nccc(N2CCN(c3cccc4nncn34)CC2)n1. The van der Waals surface area contributed by atoms with Crippen LogP contribution in [0.4, 0.5) is 11.6 Å². The third kappa shape index (κ3) is 3.01. The normalized spacial score (nSPS) is 15.8. The lowest BCUT2D eigenvalue weighted by atomic mass is 9.96. The van der Waals surface area contributed by atoms with Gasteiger partial charge in [0.1, 0.15) is 23.8 Å². The molecule has 1 saturated heterocycles. The Hall–Kier alpha value is -2.70. The maximum atomic E-state index is 4.78. The summed E-state index contributed by atoms with van der Waals surface area (Å²) in [6, 6.07) is 8.13. The molecule has 3 aromatic heterocycles. The zero-order valence-corrected chi connectivity index (χ0v) is 14.9. The van der Waals surface area contributed by atoms with Crippen LogP contribution in [-0.4, -0.2) is 50.7 Å². The van der Waals surface area contributed by atoms with Gasteiger partial charge in [0.25, 0.3) is 0 Å². The Balaban J connectivity index is 1.51. The van der Waals surface area contributed by atoms with Gasteiger partial charge < -0.3 is 9.80 Å². The van der Waals surface area contributed by atoms with E-state index in [1.165, 1.54) is 0 Å². The Morgan fingerprint density at radius 2 is 1.72 bits per heavy atom. The molecule has 25 heavy (non-hydrogen) atoms. The zero-order chi connectivity index (χ0) is 17.4. The highest BCUT2D eigenvalue weighted by Gasteiger charge is 2.22. The number of aromatic nitrogens is 5. The lowest BCUT2D eigenvalue weighted by Gasteiger charge is -2.37. The van der Waals surface area contributed by atoms with E-state index in [-0.39, 0.29) is 5.41 Å². The summed E-state index contributed by atoms with van der Waals surface area (Å²) in [4.78, 5) is 13.9. The van der Waals surface area contributed by atoms with Crippen molar-refractivity contribution in [3.05, 3.63) is 42.6 Å². The van der Waals surface area contributed by atoms with Gasteiger partial charge in [0.15, 0.2) is 5.65 Å². The molecule has 130 valence electrons. The summed E-state index contributed by atoms with van der Waals surface area (Å²) in [6.45, 7) is 10.2. The third-order valence-corrected chi connectivity index (χ3v) is 4.55. The van der Waals surface area contributed by atoms with Crippen LogP contribution in [0.3, 0.4) is 0 Å². The van der Waals surface area contributed by atoms with Gasteiger partial charge in [-0.2, -0.15) is 0 Å². The summed E-state index contributed by atoms with van der Waals surface area (Å²) in [5.74, 6) is 3.05. The molecule has 0 spiro atoms. The Kier molecular flexibility index (Phi) is 3.78. The smallest absolute Gasteiger partial charge is 0.162 e. The molecule has 7 nitrogen and oxygen atoms in total. The van der Waals surface area contributed by atoms with E-state index in [2.05, 4.69) is 51.8 Å². The van der Waals surface area contributed by atoms with Gasteiger partial charge in [-0.25, -0.2) is 9.97 Å². The summed E-state index contributed by atoms with van der Waals surface area (Å²) < 4.78 is 2.04. The molecular weight excluding hydrogens is 314 g/mol. The summed E-state index contributed by atoms with van der Waals surface area (Å²) in [6.07, 6.45) is 3.64. The molecule has 1 aliphatic heterocycles. The van der Waals surface area contributed by atoms with Crippen molar-refractivity contribution in [3.8, 4) is 0 Å². The highest BCUT2D eigenvalue weighted by molar-refractivity contribution is 5.52. The number of fused-ring (bicyclic) bond motifs is 1.